The van der Waals surface area contributed by atoms with Gasteiger partial charge in [-0.25, -0.2) is 13.2 Å². The number of hydrogen-bond acceptors (Lipinski definition) is 4. The van der Waals surface area contributed by atoms with Crippen molar-refractivity contribution in [3.05, 3.63) is 28.7 Å². The predicted octanol–water partition coefficient (Wildman–Crippen LogP) is -0.781. The van der Waals surface area contributed by atoms with Crippen molar-refractivity contribution < 1.29 is 18.3 Å². The summed E-state index contributed by atoms with van der Waals surface area (Å²) < 4.78 is 25.3. The highest BCUT2D eigenvalue weighted by Gasteiger charge is 2.16. The molecule has 0 aliphatic carbocycles. The summed E-state index contributed by atoms with van der Waals surface area (Å²) in [6.07, 6.45) is 0. The number of nitrogens with one attached hydrogen (secondary N) is 3. The normalized spacial score (nSPS) is 11.8. The number of carboxylic acid groups (broad SMARTS) is 1. The first kappa shape index (κ1) is 12.3. The maximum atomic E-state index is 11.7. The van der Waals surface area contributed by atoms with E-state index >= 15 is 0 Å². The molecule has 1 heterocycles. The van der Waals surface area contributed by atoms with Crippen LogP contribution in [0.2, 0.25) is 0 Å². The van der Waals surface area contributed by atoms with E-state index in [2.05, 4.69) is 9.97 Å². The van der Waals surface area contributed by atoms with Crippen molar-refractivity contribution in [2.24, 2.45) is 0 Å². The van der Waals surface area contributed by atoms with Crippen molar-refractivity contribution in [2.45, 2.75) is 4.90 Å². The van der Waals surface area contributed by atoms with E-state index < -0.39 is 28.2 Å². The van der Waals surface area contributed by atoms with Crippen molar-refractivity contribution in [3.8, 4) is 0 Å². The van der Waals surface area contributed by atoms with E-state index in [0.29, 0.717) is 11.0 Å². The van der Waals surface area contributed by atoms with Crippen LogP contribution < -0.4 is 10.4 Å². The van der Waals surface area contributed by atoms with Gasteiger partial charge in [-0.05, 0) is 18.2 Å². The number of aromatic nitrogens is 2. The van der Waals surface area contributed by atoms with E-state index in [4.69, 9.17) is 5.11 Å². The molecular weight excluding hydrogens is 262 g/mol. The van der Waals surface area contributed by atoms with Crippen LogP contribution in [0.4, 0.5) is 0 Å². The Morgan fingerprint density at radius 2 is 1.94 bits per heavy atom. The van der Waals surface area contributed by atoms with Gasteiger partial charge in [-0.1, -0.05) is 0 Å². The molecule has 0 unspecified atom stereocenters. The number of carbonyl (C=O) groups is 1. The minimum absolute atomic E-state index is 0.119. The summed E-state index contributed by atoms with van der Waals surface area (Å²) in [4.78, 5) is 26.1. The molecule has 4 N–H and O–H groups in total. The summed E-state index contributed by atoms with van der Waals surface area (Å²) in [5.74, 6) is -1.28. The molecule has 0 spiro atoms. The van der Waals surface area contributed by atoms with Gasteiger partial charge in [0.1, 0.15) is 6.54 Å². The summed E-state index contributed by atoms with van der Waals surface area (Å²) >= 11 is 0. The minimum Gasteiger partial charge on any atom is -0.480 e. The van der Waals surface area contributed by atoms with Crippen molar-refractivity contribution in [2.75, 3.05) is 6.54 Å². The maximum absolute atomic E-state index is 11.7. The Bertz CT molecular complexity index is 758. The van der Waals surface area contributed by atoms with Crippen LogP contribution in [0.5, 0.6) is 0 Å². The largest absolute Gasteiger partial charge is 0.480 e. The number of rotatable bonds is 4. The molecule has 0 aliphatic rings. The number of aromatic amines is 2. The first-order valence-electron chi connectivity index (χ1n) is 4.82. The lowest BCUT2D eigenvalue weighted by Gasteiger charge is -2.04. The van der Waals surface area contributed by atoms with E-state index in [0.717, 1.165) is 0 Å². The monoisotopic (exact) mass is 271 g/mol. The Labute approximate surface area is 101 Å². The van der Waals surface area contributed by atoms with Crippen LogP contribution in [-0.2, 0) is 14.8 Å². The Hall–Kier alpha value is -2.13. The Morgan fingerprint density at radius 3 is 2.61 bits per heavy atom. The van der Waals surface area contributed by atoms with Crippen LogP contribution in [0.25, 0.3) is 11.0 Å². The van der Waals surface area contributed by atoms with E-state index in [1.165, 1.54) is 18.2 Å². The molecule has 96 valence electrons. The van der Waals surface area contributed by atoms with E-state index in [1.807, 2.05) is 4.72 Å². The van der Waals surface area contributed by atoms with Crippen LogP contribution in [0, 0.1) is 0 Å². The SMILES string of the molecule is O=C(O)CNS(=O)(=O)c1ccc2[nH]c(=O)[nH]c2c1. The fraction of sp³-hybridized carbons (Fsp3) is 0.111. The van der Waals surface area contributed by atoms with Gasteiger partial charge in [0.25, 0.3) is 0 Å². The lowest BCUT2D eigenvalue weighted by atomic mass is 10.3. The Balaban J connectivity index is 2.41. The average Bonchev–Trinajstić information content (AvgIpc) is 2.65. The van der Waals surface area contributed by atoms with Crippen molar-refractivity contribution >= 4 is 27.0 Å². The number of sulfonamides is 1. The molecular formula is C9H9N3O5S. The smallest absolute Gasteiger partial charge is 0.323 e. The highest BCUT2D eigenvalue weighted by atomic mass is 32.2. The summed E-state index contributed by atoms with van der Waals surface area (Å²) in [6, 6.07) is 3.94. The number of fused-ring (bicyclic) bond motifs is 1. The summed E-state index contributed by atoms with van der Waals surface area (Å²) in [5, 5.41) is 8.42. The van der Waals surface area contributed by atoms with Crippen molar-refractivity contribution in [1.29, 1.82) is 0 Å². The Kier molecular flexibility index (Phi) is 2.93. The third-order valence-corrected chi connectivity index (χ3v) is 3.61. The molecule has 8 nitrogen and oxygen atoms in total. The van der Waals surface area contributed by atoms with E-state index in [-0.39, 0.29) is 4.90 Å². The average molecular weight is 271 g/mol. The molecule has 2 aromatic rings. The fourth-order valence-corrected chi connectivity index (χ4v) is 2.42. The molecule has 9 heteroatoms. The van der Waals surface area contributed by atoms with Crippen LogP contribution in [-0.4, -0.2) is 36.0 Å². The van der Waals surface area contributed by atoms with Crippen molar-refractivity contribution in [1.82, 2.24) is 14.7 Å². The zero-order valence-electron chi connectivity index (χ0n) is 8.93. The second-order valence-electron chi connectivity index (χ2n) is 3.50. The number of hydrogen-bond donors (Lipinski definition) is 4. The summed E-state index contributed by atoms with van der Waals surface area (Å²) in [7, 11) is -3.90. The van der Waals surface area contributed by atoms with Gasteiger partial charge >= 0.3 is 11.7 Å². The zero-order valence-corrected chi connectivity index (χ0v) is 9.74. The highest BCUT2D eigenvalue weighted by Crippen LogP contribution is 2.14. The van der Waals surface area contributed by atoms with Crippen LogP contribution in [0.15, 0.2) is 27.9 Å². The van der Waals surface area contributed by atoms with Gasteiger partial charge in [0.15, 0.2) is 0 Å². The Morgan fingerprint density at radius 1 is 1.28 bits per heavy atom. The molecule has 2 rings (SSSR count). The number of aliphatic carboxylic acids is 1. The van der Waals surface area contributed by atoms with E-state index in [9.17, 15) is 18.0 Å². The van der Waals surface area contributed by atoms with Gasteiger partial charge in [0, 0.05) is 0 Å². The number of carboxylic acids is 1. The van der Waals surface area contributed by atoms with Crippen LogP contribution in [0.1, 0.15) is 0 Å². The molecule has 0 aliphatic heterocycles. The topological polar surface area (TPSA) is 132 Å². The molecule has 1 aromatic carbocycles. The molecule has 0 fully saturated rings. The fourth-order valence-electron chi connectivity index (χ4n) is 1.42. The van der Waals surface area contributed by atoms with Gasteiger partial charge < -0.3 is 15.1 Å². The molecule has 1 aromatic heterocycles. The minimum atomic E-state index is -3.90. The van der Waals surface area contributed by atoms with Gasteiger partial charge in [-0.3, -0.25) is 4.79 Å². The van der Waals surface area contributed by atoms with Crippen LogP contribution in [0.3, 0.4) is 0 Å². The number of benzene rings is 1. The van der Waals surface area contributed by atoms with Crippen molar-refractivity contribution in [3.63, 3.8) is 0 Å². The van der Waals surface area contributed by atoms with Gasteiger partial charge in [0.2, 0.25) is 10.0 Å². The summed E-state index contributed by atoms with van der Waals surface area (Å²) in [6.45, 7) is -0.704. The molecule has 0 saturated heterocycles. The molecule has 18 heavy (non-hydrogen) atoms. The molecule has 0 bridgehead atoms. The first-order chi connectivity index (χ1) is 8.38. The van der Waals surface area contributed by atoms with Gasteiger partial charge in [-0.2, -0.15) is 4.72 Å². The third-order valence-electron chi connectivity index (χ3n) is 2.21. The predicted molar refractivity (Wildman–Crippen MR) is 61.7 cm³/mol. The first-order valence-corrected chi connectivity index (χ1v) is 6.30. The highest BCUT2D eigenvalue weighted by molar-refractivity contribution is 7.89. The van der Waals surface area contributed by atoms with Gasteiger partial charge in [-0.15, -0.1) is 0 Å². The maximum Gasteiger partial charge on any atom is 0.323 e. The molecule has 0 saturated carbocycles. The van der Waals surface area contributed by atoms with E-state index in [1.54, 1.807) is 0 Å². The molecule has 0 amide bonds. The second kappa shape index (κ2) is 4.27. The molecule has 0 radical (unpaired) electrons. The van der Waals surface area contributed by atoms with Gasteiger partial charge in [0.05, 0.1) is 15.9 Å². The standard InChI is InChI=1S/C9H9N3O5S/c13-8(14)4-10-18(16,17)5-1-2-6-7(3-5)12-9(15)11-6/h1-3,10H,4H2,(H,13,14)(H2,11,12,15). The number of H-pyrrole nitrogens is 2. The lowest BCUT2D eigenvalue weighted by molar-refractivity contribution is -0.135. The summed E-state index contributed by atoms with van der Waals surface area (Å²) in [5.41, 5.74) is 0.355. The third kappa shape index (κ3) is 2.41. The second-order valence-corrected chi connectivity index (χ2v) is 5.27. The number of imidazole rings is 1. The van der Waals surface area contributed by atoms with Crippen LogP contribution >= 0.6 is 0 Å². The molecule has 0 atom stereocenters. The quantitative estimate of drug-likeness (QED) is 0.579. The zero-order chi connectivity index (χ0) is 13.3. The lowest BCUT2D eigenvalue weighted by Crippen LogP contribution is -2.29.